The van der Waals surface area contributed by atoms with Crippen LogP contribution in [0.25, 0.3) is 0 Å². The van der Waals surface area contributed by atoms with Crippen LogP contribution in [0.4, 0.5) is 10.1 Å². The zero-order chi connectivity index (χ0) is 16.0. The normalized spacial score (nSPS) is 12.8. The van der Waals surface area contributed by atoms with Gasteiger partial charge >= 0.3 is 0 Å². The second-order valence-corrected chi connectivity index (χ2v) is 6.91. The number of amides is 1. The standard InChI is InChI=1S/C14H21FN2O3S/c1-4-5-11(2)16-14(18)10-17(21(3,19)20)13-8-6-12(15)7-9-13/h6-9,11H,4-5,10H2,1-3H3,(H,16,18). The van der Waals surface area contributed by atoms with Crippen LogP contribution in [0.3, 0.4) is 0 Å². The molecule has 7 heteroatoms. The maximum atomic E-state index is 12.9. The molecule has 1 aromatic rings. The monoisotopic (exact) mass is 316 g/mol. The van der Waals surface area contributed by atoms with Crippen molar-refractivity contribution in [3.8, 4) is 0 Å². The van der Waals surface area contributed by atoms with E-state index in [-0.39, 0.29) is 24.2 Å². The summed E-state index contributed by atoms with van der Waals surface area (Å²) < 4.78 is 37.5. The fourth-order valence-electron chi connectivity index (χ4n) is 1.96. The first-order valence-electron chi connectivity index (χ1n) is 6.76. The lowest BCUT2D eigenvalue weighted by Crippen LogP contribution is -2.43. The molecule has 1 N–H and O–H groups in total. The summed E-state index contributed by atoms with van der Waals surface area (Å²) in [6, 6.07) is 4.96. The lowest BCUT2D eigenvalue weighted by Gasteiger charge is -2.23. The van der Waals surface area contributed by atoms with Gasteiger partial charge in [-0.3, -0.25) is 9.10 Å². The van der Waals surface area contributed by atoms with Crippen LogP contribution < -0.4 is 9.62 Å². The van der Waals surface area contributed by atoms with Gasteiger partial charge in [-0.05, 0) is 37.6 Å². The van der Waals surface area contributed by atoms with Crippen molar-refractivity contribution in [3.63, 3.8) is 0 Å². The smallest absolute Gasteiger partial charge is 0.240 e. The predicted molar refractivity (Wildman–Crippen MR) is 81.1 cm³/mol. The Labute approximate surface area is 125 Å². The van der Waals surface area contributed by atoms with Gasteiger partial charge in [-0.2, -0.15) is 0 Å². The molecule has 1 aromatic carbocycles. The summed E-state index contributed by atoms with van der Waals surface area (Å²) in [6.07, 6.45) is 2.76. The number of sulfonamides is 1. The fourth-order valence-corrected chi connectivity index (χ4v) is 2.82. The topological polar surface area (TPSA) is 66.5 Å². The average molecular weight is 316 g/mol. The summed E-state index contributed by atoms with van der Waals surface area (Å²) in [7, 11) is -3.62. The molecule has 0 saturated heterocycles. The van der Waals surface area contributed by atoms with Gasteiger partial charge < -0.3 is 5.32 Å². The Morgan fingerprint density at radius 1 is 1.33 bits per heavy atom. The second kappa shape index (κ2) is 7.40. The number of rotatable bonds is 7. The largest absolute Gasteiger partial charge is 0.352 e. The number of benzene rings is 1. The molecule has 5 nitrogen and oxygen atoms in total. The van der Waals surface area contributed by atoms with Crippen molar-refractivity contribution in [1.29, 1.82) is 0 Å². The van der Waals surface area contributed by atoms with Crippen LogP contribution >= 0.6 is 0 Å². The van der Waals surface area contributed by atoms with Crippen molar-refractivity contribution in [2.75, 3.05) is 17.1 Å². The Morgan fingerprint density at radius 3 is 2.38 bits per heavy atom. The third-order valence-corrected chi connectivity index (χ3v) is 4.07. The van der Waals surface area contributed by atoms with E-state index in [1.165, 1.54) is 12.1 Å². The van der Waals surface area contributed by atoms with Crippen LogP contribution in [0, 0.1) is 5.82 Å². The van der Waals surface area contributed by atoms with E-state index in [9.17, 15) is 17.6 Å². The molecular weight excluding hydrogens is 295 g/mol. The lowest BCUT2D eigenvalue weighted by molar-refractivity contribution is -0.120. The van der Waals surface area contributed by atoms with Gasteiger partial charge in [0.05, 0.1) is 11.9 Å². The predicted octanol–water partition coefficient (Wildman–Crippen LogP) is 1.90. The average Bonchev–Trinajstić information content (AvgIpc) is 2.36. The molecule has 1 atom stereocenters. The quantitative estimate of drug-likeness (QED) is 0.835. The number of carbonyl (C=O) groups is 1. The molecule has 21 heavy (non-hydrogen) atoms. The molecule has 0 bridgehead atoms. The van der Waals surface area contributed by atoms with Gasteiger partial charge in [-0.25, -0.2) is 12.8 Å². The summed E-state index contributed by atoms with van der Waals surface area (Å²) in [5.41, 5.74) is 0.261. The molecule has 0 heterocycles. The molecule has 1 amide bonds. The first-order valence-corrected chi connectivity index (χ1v) is 8.61. The van der Waals surface area contributed by atoms with Gasteiger partial charge in [0.15, 0.2) is 0 Å². The minimum absolute atomic E-state index is 0.0165. The molecule has 0 aromatic heterocycles. The van der Waals surface area contributed by atoms with Crippen molar-refractivity contribution >= 4 is 21.6 Å². The Bertz CT molecular complexity index is 572. The number of hydrogen-bond donors (Lipinski definition) is 1. The Hall–Kier alpha value is -1.63. The lowest BCUT2D eigenvalue weighted by atomic mass is 10.2. The number of nitrogens with zero attached hydrogens (tertiary/aromatic N) is 1. The van der Waals surface area contributed by atoms with Gasteiger partial charge in [-0.1, -0.05) is 13.3 Å². The van der Waals surface area contributed by atoms with Gasteiger partial charge in [0, 0.05) is 6.04 Å². The Balaban J connectivity index is 2.86. The number of nitrogens with one attached hydrogen (secondary N) is 1. The van der Waals surface area contributed by atoms with Gasteiger partial charge in [0.1, 0.15) is 12.4 Å². The maximum absolute atomic E-state index is 12.9. The first-order chi connectivity index (χ1) is 9.74. The van der Waals surface area contributed by atoms with Crippen LogP contribution in [0.2, 0.25) is 0 Å². The van der Waals surface area contributed by atoms with Gasteiger partial charge in [0.2, 0.25) is 15.9 Å². The van der Waals surface area contributed by atoms with E-state index in [0.717, 1.165) is 35.5 Å². The van der Waals surface area contributed by atoms with Crippen molar-refractivity contribution in [1.82, 2.24) is 5.32 Å². The third kappa shape index (κ3) is 5.71. The fraction of sp³-hybridized carbons (Fsp3) is 0.500. The van der Waals surface area contributed by atoms with Crippen molar-refractivity contribution in [2.24, 2.45) is 0 Å². The molecule has 0 fully saturated rings. The summed E-state index contributed by atoms with van der Waals surface area (Å²) in [6.45, 7) is 3.55. The van der Waals surface area contributed by atoms with Gasteiger partial charge in [-0.15, -0.1) is 0 Å². The molecule has 1 unspecified atom stereocenters. The van der Waals surface area contributed by atoms with E-state index in [2.05, 4.69) is 5.32 Å². The van der Waals surface area contributed by atoms with E-state index in [1.54, 1.807) is 0 Å². The van der Waals surface area contributed by atoms with Crippen LogP contribution in [0.5, 0.6) is 0 Å². The molecule has 0 aliphatic heterocycles. The highest BCUT2D eigenvalue weighted by molar-refractivity contribution is 7.92. The highest BCUT2D eigenvalue weighted by Gasteiger charge is 2.21. The molecule has 1 rings (SSSR count). The summed E-state index contributed by atoms with van der Waals surface area (Å²) in [5, 5.41) is 2.75. The number of anilines is 1. The first kappa shape index (κ1) is 17.4. The third-order valence-electron chi connectivity index (χ3n) is 2.93. The number of halogens is 1. The maximum Gasteiger partial charge on any atom is 0.240 e. The Morgan fingerprint density at radius 2 is 1.90 bits per heavy atom. The van der Waals surface area contributed by atoms with E-state index in [1.807, 2.05) is 13.8 Å². The molecule has 0 saturated carbocycles. The van der Waals surface area contributed by atoms with E-state index >= 15 is 0 Å². The highest BCUT2D eigenvalue weighted by Crippen LogP contribution is 2.17. The second-order valence-electron chi connectivity index (χ2n) is 5.00. The van der Waals surface area contributed by atoms with E-state index < -0.39 is 15.8 Å². The van der Waals surface area contributed by atoms with E-state index in [0.29, 0.717) is 0 Å². The van der Waals surface area contributed by atoms with Gasteiger partial charge in [0.25, 0.3) is 0 Å². The SMILES string of the molecule is CCCC(C)NC(=O)CN(c1ccc(F)cc1)S(C)(=O)=O. The zero-order valence-corrected chi connectivity index (χ0v) is 13.3. The highest BCUT2D eigenvalue weighted by atomic mass is 32.2. The van der Waals surface area contributed by atoms with Crippen molar-refractivity contribution in [3.05, 3.63) is 30.1 Å². The van der Waals surface area contributed by atoms with E-state index in [4.69, 9.17) is 0 Å². The van der Waals surface area contributed by atoms with Crippen molar-refractivity contribution in [2.45, 2.75) is 32.7 Å². The van der Waals surface area contributed by atoms with Crippen LogP contribution in [-0.2, 0) is 14.8 Å². The molecule has 0 aliphatic carbocycles. The van der Waals surface area contributed by atoms with Crippen LogP contribution in [-0.4, -0.2) is 33.2 Å². The number of carbonyl (C=O) groups excluding carboxylic acids is 1. The van der Waals surface area contributed by atoms with Crippen LogP contribution in [0.15, 0.2) is 24.3 Å². The Kier molecular flexibility index (Phi) is 6.14. The summed E-state index contributed by atoms with van der Waals surface area (Å²) in [5.74, 6) is -0.848. The minimum Gasteiger partial charge on any atom is -0.352 e. The van der Waals surface area contributed by atoms with Crippen molar-refractivity contribution < 1.29 is 17.6 Å². The van der Waals surface area contributed by atoms with Crippen LogP contribution in [0.1, 0.15) is 26.7 Å². The zero-order valence-electron chi connectivity index (χ0n) is 12.5. The molecule has 0 radical (unpaired) electrons. The molecule has 118 valence electrons. The molecular formula is C14H21FN2O3S. The number of hydrogen-bond acceptors (Lipinski definition) is 3. The summed E-state index contributed by atoms with van der Waals surface area (Å²) in [4.78, 5) is 11.9. The minimum atomic E-state index is -3.62. The summed E-state index contributed by atoms with van der Waals surface area (Å²) >= 11 is 0. The molecule has 0 spiro atoms. The molecule has 0 aliphatic rings.